The maximum atomic E-state index is 12.0. The molecule has 2 aromatic carbocycles. The Morgan fingerprint density at radius 2 is 1.83 bits per heavy atom. The predicted molar refractivity (Wildman–Crippen MR) is 93.5 cm³/mol. The maximum Gasteiger partial charge on any atom is 0.262 e. The largest absolute Gasteiger partial charge is 0.494 e. The fourth-order valence-corrected chi connectivity index (χ4v) is 2.33. The normalized spacial score (nSPS) is 10.4. The van der Waals surface area contributed by atoms with E-state index < -0.39 is 0 Å². The summed E-state index contributed by atoms with van der Waals surface area (Å²) < 4.78 is 11.0. The van der Waals surface area contributed by atoms with E-state index in [1.54, 1.807) is 24.4 Å². The highest BCUT2D eigenvalue weighted by Gasteiger charge is 2.07. The summed E-state index contributed by atoms with van der Waals surface area (Å²) in [4.78, 5) is 16.3. The summed E-state index contributed by atoms with van der Waals surface area (Å²) in [5, 5.41) is 3.76. The Morgan fingerprint density at radius 3 is 2.62 bits per heavy atom. The molecule has 0 atom stereocenters. The van der Waals surface area contributed by atoms with Gasteiger partial charge in [0.05, 0.1) is 6.61 Å². The fraction of sp³-hybridized carbons (Fsp3) is 0.158. The van der Waals surface area contributed by atoms with Crippen LogP contribution in [0.2, 0.25) is 0 Å². The second kappa shape index (κ2) is 7.46. The number of anilines is 1. The Hall–Kier alpha value is -3.08. The lowest BCUT2D eigenvalue weighted by Crippen LogP contribution is -2.20. The molecule has 3 rings (SSSR count). The van der Waals surface area contributed by atoms with Crippen LogP contribution in [0.15, 0.2) is 60.8 Å². The van der Waals surface area contributed by atoms with Crippen molar-refractivity contribution < 1.29 is 14.3 Å². The molecule has 0 saturated carbocycles. The molecular weight excluding hydrogens is 304 g/mol. The van der Waals surface area contributed by atoms with Crippen LogP contribution in [0.4, 0.5) is 5.69 Å². The molecule has 0 aliphatic heterocycles. The van der Waals surface area contributed by atoms with E-state index in [-0.39, 0.29) is 12.5 Å². The van der Waals surface area contributed by atoms with Gasteiger partial charge in [-0.25, -0.2) is 0 Å². The zero-order valence-corrected chi connectivity index (χ0v) is 13.4. The smallest absolute Gasteiger partial charge is 0.262 e. The van der Waals surface area contributed by atoms with E-state index in [4.69, 9.17) is 9.47 Å². The minimum absolute atomic E-state index is 0.0805. The van der Waals surface area contributed by atoms with Gasteiger partial charge in [-0.05, 0) is 43.3 Å². The molecule has 1 heterocycles. The van der Waals surface area contributed by atoms with Crippen LogP contribution < -0.4 is 14.8 Å². The highest BCUT2D eigenvalue weighted by Crippen LogP contribution is 2.23. The van der Waals surface area contributed by atoms with Gasteiger partial charge in [0, 0.05) is 17.3 Å². The summed E-state index contributed by atoms with van der Waals surface area (Å²) in [6, 6.07) is 16.7. The van der Waals surface area contributed by atoms with E-state index >= 15 is 0 Å². The number of rotatable bonds is 6. The average molecular weight is 322 g/mol. The van der Waals surface area contributed by atoms with E-state index in [1.165, 1.54) is 0 Å². The maximum absolute atomic E-state index is 12.0. The van der Waals surface area contributed by atoms with E-state index in [2.05, 4.69) is 10.3 Å². The number of nitrogens with zero attached hydrogens (tertiary/aromatic N) is 1. The summed E-state index contributed by atoms with van der Waals surface area (Å²) in [6.07, 6.45) is 1.70. The lowest BCUT2D eigenvalue weighted by molar-refractivity contribution is -0.118. The third-order valence-electron chi connectivity index (χ3n) is 3.40. The molecule has 0 bridgehead atoms. The zero-order valence-electron chi connectivity index (χ0n) is 13.4. The van der Waals surface area contributed by atoms with E-state index in [1.807, 2.05) is 43.3 Å². The first-order valence-electron chi connectivity index (χ1n) is 7.75. The third kappa shape index (κ3) is 3.81. The van der Waals surface area contributed by atoms with Crippen LogP contribution in [0.1, 0.15) is 6.92 Å². The van der Waals surface area contributed by atoms with Gasteiger partial charge in [0.1, 0.15) is 17.0 Å². The van der Waals surface area contributed by atoms with Crippen LogP contribution in [0.3, 0.4) is 0 Å². The molecule has 0 aliphatic rings. The van der Waals surface area contributed by atoms with Crippen molar-refractivity contribution in [1.29, 1.82) is 0 Å². The van der Waals surface area contributed by atoms with E-state index in [0.717, 1.165) is 16.7 Å². The minimum Gasteiger partial charge on any atom is -0.494 e. The molecule has 5 nitrogen and oxygen atoms in total. The van der Waals surface area contributed by atoms with E-state index in [0.29, 0.717) is 18.0 Å². The molecule has 122 valence electrons. The molecule has 0 radical (unpaired) electrons. The quantitative estimate of drug-likeness (QED) is 0.752. The van der Waals surface area contributed by atoms with Crippen LogP contribution in [-0.4, -0.2) is 24.1 Å². The molecule has 1 N–H and O–H groups in total. The molecule has 24 heavy (non-hydrogen) atoms. The third-order valence-corrected chi connectivity index (χ3v) is 3.40. The number of hydrogen-bond donors (Lipinski definition) is 1. The van der Waals surface area contributed by atoms with Gasteiger partial charge in [0.2, 0.25) is 0 Å². The van der Waals surface area contributed by atoms with Crippen LogP contribution in [-0.2, 0) is 4.79 Å². The molecule has 0 saturated heterocycles. The molecule has 0 fully saturated rings. The van der Waals surface area contributed by atoms with Gasteiger partial charge >= 0.3 is 0 Å². The number of amides is 1. The lowest BCUT2D eigenvalue weighted by Gasteiger charge is -2.10. The van der Waals surface area contributed by atoms with Gasteiger partial charge in [-0.15, -0.1) is 0 Å². The van der Waals surface area contributed by atoms with Gasteiger partial charge in [-0.3, -0.25) is 9.78 Å². The van der Waals surface area contributed by atoms with Gasteiger partial charge in [-0.1, -0.05) is 18.2 Å². The summed E-state index contributed by atoms with van der Waals surface area (Å²) in [5.74, 6) is 1.13. The predicted octanol–water partition coefficient (Wildman–Crippen LogP) is 3.65. The van der Waals surface area contributed by atoms with Crippen molar-refractivity contribution in [2.75, 3.05) is 18.5 Å². The van der Waals surface area contributed by atoms with Gasteiger partial charge in [0.15, 0.2) is 6.61 Å². The number of pyridine rings is 1. The Morgan fingerprint density at radius 1 is 1.04 bits per heavy atom. The van der Waals surface area contributed by atoms with Gasteiger partial charge < -0.3 is 14.8 Å². The monoisotopic (exact) mass is 322 g/mol. The minimum atomic E-state index is -0.230. The SMILES string of the molecule is CCOc1ccc(NC(=O)COc2cccc3cccnc23)cc1. The second-order valence-corrected chi connectivity index (χ2v) is 5.13. The van der Waals surface area contributed by atoms with Crippen LogP contribution >= 0.6 is 0 Å². The number of hydrogen-bond acceptors (Lipinski definition) is 4. The first-order valence-corrected chi connectivity index (χ1v) is 7.75. The summed E-state index contributed by atoms with van der Waals surface area (Å²) in [6.45, 7) is 2.46. The molecule has 1 aromatic heterocycles. The summed E-state index contributed by atoms with van der Waals surface area (Å²) >= 11 is 0. The Kier molecular flexibility index (Phi) is 4.91. The number of nitrogens with one attached hydrogen (secondary N) is 1. The molecule has 1 amide bonds. The Balaban J connectivity index is 1.60. The first kappa shape index (κ1) is 15.8. The number of ether oxygens (including phenoxy) is 2. The molecule has 5 heteroatoms. The lowest BCUT2D eigenvalue weighted by atomic mass is 10.2. The van der Waals surface area contributed by atoms with Crippen LogP contribution in [0, 0.1) is 0 Å². The van der Waals surface area contributed by atoms with E-state index in [9.17, 15) is 4.79 Å². The topological polar surface area (TPSA) is 60.5 Å². The zero-order chi connectivity index (χ0) is 16.8. The highest BCUT2D eigenvalue weighted by molar-refractivity contribution is 5.92. The van der Waals surface area contributed by atoms with Crippen LogP contribution in [0.5, 0.6) is 11.5 Å². The number of carbonyl (C=O) groups excluding carboxylic acids is 1. The number of para-hydroxylation sites is 1. The van der Waals surface area contributed by atoms with Crippen molar-refractivity contribution in [2.24, 2.45) is 0 Å². The molecule has 0 unspecified atom stereocenters. The highest BCUT2D eigenvalue weighted by atomic mass is 16.5. The van der Waals surface area contributed by atoms with Crippen molar-refractivity contribution in [3.8, 4) is 11.5 Å². The second-order valence-electron chi connectivity index (χ2n) is 5.13. The number of aromatic nitrogens is 1. The Labute approximate surface area is 140 Å². The number of carbonyl (C=O) groups is 1. The first-order chi connectivity index (χ1) is 11.8. The molecule has 0 spiro atoms. The standard InChI is InChI=1S/C19H18N2O3/c1-2-23-16-10-8-15(9-11-16)21-18(22)13-24-17-7-3-5-14-6-4-12-20-19(14)17/h3-12H,2,13H2,1H3,(H,21,22). The van der Waals surface area contributed by atoms with Crippen molar-refractivity contribution in [2.45, 2.75) is 6.92 Å². The van der Waals surface area contributed by atoms with Crippen molar-refractivity contribution in [3.05, 3.63) is 60.8 Å². The van der Waals surface area contributed by atoms with Gasteiger partial charge in [0.25, 0.3) is 5.91 Å². The van der Waals surface area contributed by atoms with Crippen LogP contribution in [0.25, 0.3) is 10.9 Å². The Bertz CT molecular complexity index is 826. The van der Waals surface area contributed by atoms with Crippen molar-refractivity contribution in [3.63, 3.8) is 0 Å². The molecule has 0 aliphatic carbocycles. The molecular formula is C19H18N2O3. The fourth-order valence-electron chi connectivity index (χ4n) is 2.33. The number of benzene rings is 2. The van der Waals surface area contributed by atoms with Crippen molar-refractivity contribution in [1.82, 2.24) is 4.98 Å². The average Bonchev–Trinajstić information content (AvgIpc) is 2.62. The van der Waals surface area contributed by atoms with Crippen molar-refractivity contribution >= 4 is 22.5 Å². The summed E-state index contributed by atoms with van der Waals surface area (Å²) in [5.41, 5.74) is 1.44. The summed E-state index contributed by atoms with van der Waals surface area (Å²) in [7, 11) is 0. The van der Waals surface area contributed by atoms with Gasteiger partial charge in [-0.2, -0.15) is 0 Å². The number of fused-ring (bicyclic) bond motifs is 1. The molecule has 3 aromatic rings.